The number of ketones is 1. The fourth-order valence-corrected chi connectivity index (χ4v) is 3.76. The van der Waals surface area contributed by atoms with Gasteiger partial charge in [0.25, 0.3) is 0 Å². The summed E-state index contributed by atoms with van der Waals surface area (Å²) >= 11 is 0. The largest absolute Gasteiger partial charge is 0.493 e. The summed E-state index contributed by atoms with van der Waals surface area (Å²) in [5.74, 6) is -0.268. The third kappa shape index (κ3) is 2.46. The molecule has 0 N–H and O–H groups in total. The van der Waals surface area contributed by atoms with Crippen molar-refractivity contribution in [2.75, 3.05) is 7.11 Å². The van der Waals surface area contributed by atoms with Crippen molar-refractivity contribution in [2.45, 2.75) is 11.7 Å². The van der Waals surface area contributed by atoms with E-state index in [2.05, 4.69) is 0 Å². The van der Waals surface area contributed by atoms with Crippen LogP contribution in [0.15, 0.2) is 48.5 Å². The number of benzene rings is 2. The van der Waals surface area contributed by atoms with E-state index in [4.69, 9.17) is 8.92 Å². The molecule has 0 radical (unpaired) electrons. The molecule has 6 heteroatoms. The van der Waals surface area contributed by atoms with E-state index in [1.54, 1.807) is 42.5 Å². The number of methoxy groups -OCH3 is 1. The Kier molecular flexibility index (Phi) is 3.62. The highest BCUT2D eigenvalue weighted by Gasteiger charge is 2.42. The molecular weight excluding hydrogens is 304 g/mol. The molecule has 0 aliphatic carbocycles. The van der Waals surface area contributed by atoms with E-state index in [0.29, 0.717) is 0 Å². The van der Waals surface area contributed by atoms with Gasteiger partial charge in [-0.2, -0.15) is 8.42 Å². The molecule has 2 aromatic rings. The number of Topliss-reactive ketones (excluding diaryl/α,β-unsaturated/α-hetero) is 1. The predicted molar refractivity (Wildman–Crippen MR) is 80.8 cm³/mol. The number of hydrogen-bond donors (Lipinski definition) is 0. The molecule has 0 fully saturated rings. The van der Waals surface area contributed by atoms with Crippen LogP contribution in [-0.2, 0) is 16.5 Å². The van der Waals surface area contributed by atoms with Crippen LogP contribution in [0.2, 0.25) is 0 Å². The van der Waals surface area contributed by atoms with Crippen LogP contribution in [0, 0.1) is 0 Å². The van der Waals surface area contributed by atoms with E-state index < -0.39 is 21.2 Å². The molecule has 0 aromatic heterocycles. The van der Waals surface area contributed by atoms with Gasteiger partial charge in [-0.3, -0.25) is 4.79 Å². The van der Waals surface area contributed by atoms with E-state index in [1.807, 2.05) is 6.07 Å². The summed E-state index contributed by atoms with van der Waals surface area (Å²) in [5.41, 5.74) is 0.995. The van der Waals surface area contributed by atoms with Gasteiger partial charge < -0.3 is 8.92 Å². The van der Waals surface area contributed by atoms with Gasteiger partial charge in [0.15, 0.2) is 22.5 Å². The third-order valence-corrected chi connectivity index (χ3v) is 5.05. The minimum absolute atomic E-state index is 0.0284. The molecule has 0 saturated heterocycles. The van der Waals surface area contributed by atoms with Crippen molar-refractivity contribution in [1.82, 2.24) is 0 Å². The monoisotopic (exact) mass is 318 g/mol. The van der Waals surface area contributed by atoms with Crippen LogP contribution < -0.4 is 8.92 Å². The molecule has 3 rings (SSSR count). The fraction of sp³-hybridized carbons (Fsp3) is 0.188. The van der Waals surface area contributed by atoms with Gasteiger partial charge in [0.05, 0.1) is 12.7 Å². The van der Waals surface area contributed by atoms with E-state index >= 15 is 0 Å². The molecule has 0 spiro atoms. The number of fused-ring (bicyclic) bond motifs is 1. The van der Waals surface area contributed by atoms with Crippen molar-refractivity contribution in [3.63, 3.8) is 0 Å². The van der Waals surface area contributed by atoms with Crippen LogP contribution in [-0.4, -0.2) is 26.6 Å². The maximum absolute atomic E-state index is 12.6. The van der Waals surface area contributed by atoms with Crippen molar-refractivity contribution in [3.05, 3.63) is 59.7 Å². The molecule has 0 amide bonds. The van der Waals surface area contributed by atoms with Crippen molar-refractivity contribution in [1.29, 1.82) is 0 Å². The summed E-state index contributed by atoms with van der Waals surface area (Å²) in [6, 6.07) is 13.7. The normalized spacial score (nSPS) is 19.1. The average molecular weight is 318 g/mol. The first-order valence-electron chi connectivity index (χ1n) is 6.71. The topological polar surface area (TPSA) is 69.7 Å². The summed E-state index contributed by atoms with van der Waals surface area (Å²) in [4.78, 5) is 12.6. The van der Waals surface area contributed by atoms with Crippen molar-refractivity contribution < 1.29 is 22.1 Å². The van der Waals surface area contributed by atoms with Gasteiger partial charge in [-0.15, -0.1) is 0 Å². The van der Waals surface area contributed by atoms with E-state index in [0.717, 1.165) is 5.56 Å². The highest BCUT2D eigenvalue weighted by atomic mass is 32.2. The van der Waals surface area contributed by atoms with Crippen LogP contribution >= 0.6 is 0 Å². The zero-order valence-electron chi connectivity index (χ0n) is 11.9. The molecular formula is C16H14O5S. The van der Waals surface area contributed by atoms with E-state index in [9.17, 15) is 13.2 Å². The molecule has 1 aliphatic heterocycles. The molecule has 1 heterocycles. The van der Waals surface area contributed by atoms with Gasteiger partial charge in [0, 0.05) is 6.42 Å². The van der Waals surface area contributed by atoms with Crippen LogP contribution in [0.5, 0.6) is 11.5 Å². The Morgan fingerprint density at radius 2 is 1.82 bits per heavy atom. The Morgan fingerprint density at radius 1 is 1.09 bits per heavy atom. The summed E-state index contributed by atoms with van der Waals surface area (Å²) in [6.07, 6.45) is 0.0820. The number of carbonyl (C=O) groups excluding carboxylic acids is 1. The zero-order valence-corrected chi connectivity index (χ0v) is 12.7. The van der Waals surface area contributed by atoms with Crippen molar-refractivity contribution in [3.8, 4) is 11.5 Å². The van der Waals surface area contributed by atoms with Crippen LogP contribution in [0.3, 0.4) is 0 Å². The summed E-state index contributed by atoms with van der Waals surface area (Å²) in [6.45, 7) is 0. The lowest BCUT2D eigenvalue weighted by atomic mass is 10.0. The van der Waals surface area contributed by atoms with Gasteiger partial charge in [-0.1, -0.05) is 36.4 Å². The van der Waals surface area contributed by atoms with Gasteiger partial charge in [-0.25, -0.2) is 0 Å². The standard InChI is InChI=1S/C16H14O5S/c1-20-13-9-5-8-12-15(17)14(22(18,19)21-16(12)13)10-11-6-3-2-4-7-11/h2-9,14H,10H2,1H3. The lowest BCUT2D eigenvalue weighted by Gasteiger charge is -2.24. The first-order valence-corrected chi connectivity index (χ1v) is 8.18. The highest BCUT2D eigenvalue weighted by Crippen LogP contribution is 2.38. The lowest BCUT2D eigenvalue weighted by Crippen LogP contribution is -2.39. The number of rotatable bonds is 3. The fourth-order valence-electron chi connectivity index (χ4n) is 2.46. The summed E-state index contributed by atoms with van der Waals surface area (Å²) < 4.78 is 34.8. The highest BCUT2D eigenvalue weighted by molar-refractivity contribution is 7.88. The SMILES string of the molecule is COc1cccc2c1OS(=O)(=O)C(Cc1ccccc1)C2=O. The lowest BCUT2D eigenvalue weighted by molar-refractivity contribution is 0.0975. The minimum Gasteiger partial charge on any atom is -0.493 e. The maximum atomic E-state index is 12.6. The Morgan fingerprint density at radius 3 is 2.50 bits per heavy atom. The zero-order chi connectivity index (χ0) is 15.7. The van der Waals surface area contributed by atoms with Crippen molar-refractivity contribution >= 4 is 15.9 Å². The van der Waals surface area contributed by atoms with E-state index in [-0.39, 0.29) is 23.5 Å². The summed E-state index contributed by atoms with van der Waals surface area (Å²) in [7, 11) is -2.65. The molecule has 0 bridgehead atoms. The number of para-hydroxylation sites is 1. The molecule has 0 saturated carbocycles. The molecule has 1 aliphatic rings. The Bertz CT molecular complexity index is 812. The van der Waals surface area contributed by atoms with Gasteiger partial charge >= 0.3 is 10.1 Å². The van der Waals surface area contributed by atoms with E-state index in [1.165, 1.54) is 7.11 Å². The second-order valence-corrected chi connectivity index (χ2v) is 6.68. The first kappa shape index (κ1) is 14.6. The number of hydrogen-bond acceptors (Lipinski definition) is 5. The second kappa shape index (κ2) is 5.46. The number of carbonyl (C=O) groups is 1. The molecule has 1 unspecified atom stereocenters. The molecule has 1 atom stereocenters. The minimum atomic E-state index is -4.05. The molecule has 2 aromatic carbocycles. The quantitative estimate of drug-likeness (QED) is 0.812. The third-order valence-electron chi connectivity index (χ3n) is 3.57. The van der Waals surface area contributed by atoms with Gasteiger partial charge in [0.1, 0.15) is 0 Å². The molecule has 5 nitrogen and oxygen atoms in total. The predicted octanol–water partition coefficient (Wildman–Crippen LogP) is 2.21. The average Bonchev–Trinajstić information content (AvgIpc) is 2.51. The van der Waals surface area contributed by atoms with Gasteiger partial charge in [-0.05, 0) is 17.7 Å². The second-order valence-electron chi connectivity index (χ2n) is 4.96. The van der Waals surface area contributed by atoms with Crippen LogP contribution in [0.25, 0.3) is 0 Å². The van der Waals surface area contributed by atoms with Crippen LogP contribution in [0.1, 0.15) is 15.9 Å². The Balaban J connectivity index is 2.04. The summed E-state index contributed by atoms with van der Waals surface area (Å²) in [5, 5.41) is -1.24. The van der Waals surface area contributed by atoms with Gasteiger partial charge in [0.2, 0.25) is 0 Å². The Labute approximate surface area is 128 Å². The van der Waals surface area contributed by atoms with Crippen LogP contribution in [0.4, 0.5) is 0 Å². The first-order chi connectivity index (χ1) is 10.5. The number of ether oxygens (including phenoxy) is 1. The molecule has 114 valence electrons. The maximum Gasteiger partial charge on any atom is 0.320 e. The Hall–Kier alpha value is -2.34. The smallest absolute Gasteiger partial charge is 0.320 e. The van der Waals surface area contributed by atoms with Crippen molar-refractivity contribution in [2.24, 2.45) is 0 Å². The molecule has 22 heavy (non-hydrogen) atoms.